The van der Waals surface area contributed by atoms with Gasteiger partial charge >= 0.3 is 0 Å². The SMILES string of the molecule is C[C@@H]1CC(=O)CN1C(=O)c1cc(C2CC2)c(OC[C@]23CC4CC(C[C@H](C4)C2)C3)cc1F. The van der Waals surface area contributed by atoms with Crippen LogP contribution in [0.4, 0.5) is 4.39 Å². The third kappa shape index (κ3) is 3.48. The molecule has 0 spiro atoms. The smallest absolute Gasteiger partial charge is 0.257 e. The van der Waals surface area contributed by atoms with Gasteiger partial charge in [0.05, 0.1) is 18.7 Å². The van der Waals surface area contributed by atoms with E-state index < -0.39 is 5.82 Å². The van der Waals surface area contributed by atoms with Gasteiger partial charge < -0.3 is 9.64 Å². The molecule has 1 saturated heterocycles. The van der Waals surface area contributed by atoms with Crippen LogP contribution in [-0.4, -0.2) is 35.8 Å². The number of Topliss-reactive ketones (excluding diaryl/α,β-unsaturated/α-hetero) is 1. The highest BCUT2D eigenvalue weighted by Gasteiger charge is 2.51. The highest BCUT2D eigenvalue weighted by molar-refractivity contribution is 5.99. The Morgan fingerprint density at radius 2 is 1.77 bits per heavy atom. The Bertz CT molecular complexity index is 902. The molecule has 6 fully saturated rings. The summed E-state index contributed by atoms with van der Waals surface area (Å²) >= 11 is 0. The number of ether oxygens (including phenoxy) is 1. The Morgan fingerprint density at radius 3 is 2.32 bits per heavy atom. The van der Waals surface area contributed by atoms with Crippen molar-refractivity contribution >= 4 is 11.7 Å². The molecule has 5 heteroatoms. The molecule has 1 heterocycles. The molecule has 166 valence electrons. The van der Waals surface area contributed by atoms with Gasteiger partial charge in [-0.25, -0.2) is 4.39 Å². The molecule has 7 rings (SSSR count). The van der Waals surface area contributed by atoms with Gasteiger partial charge in [-0.2, -0.15) is 0 Å². The van der Waals surface area contributed by atoms with Gasteiger partial charge in [0.15, 0.2) is 5.78 Å². The summed E-state index contributed by atoms with van der Waals surface area (Å²) < 4.78 is 21.5. The summed E-state index contributed by atoms with van der Waals surface area (Å²) in [6.07, 6.45) is 10.5. The first-order chi connectivity index (χ1) is 14.9. The Hall–Kier alpha value is -1.91. The summed E-state index contributed by atoms with van der Waals surface area (Å²) in [5.74, 6) is 2.72. The van der Waals surface area contributed by atoms with Crippen LogP contribution in [0.3, 0.4) is 0 Å². The monoisotopic (exact) mass is 425 g/mol. The second-order valence-corrected chi connectivity index (χ2v) is 11.4. The summed E-state index contributed by atoms with van der Waals surface area (Å²) in [5.41, 5.74) is 1.34. The Balaban J connectivity index is 1.24. The fraction of sp³-hybridized carbons (Fsp3) is 0.692. The third-order valence-corrected chi connectivity index (χ3v) is 8.71. The maximum absolute atomic E-state index is 15.1. The minimum atomic E-state index is -0.526. The van der Waals surface area contributed by atoms with Crippen molar-refractivity contribution in [2.24, 2.45) is 23.2 Å². The molecule has 1 aliphatic heterocycles. The largest absolute Gasteiger partial charge is 0.493 e. The predicted octanol–water partition coefficient (Wildman–Crippen LogP) is 5.10. The van der Waals surface area contributed by atoms with Crippen LogP contribution in [-0.2, 0) is 4.79 Å². The average molecular weight is 426 g/mol. The van der Waals surface area contributed by atoms with Gasteiger partial charge in [-0.3, -0.25) is 9.59 Å². The molecule has 5 saturated carbocycles. The lowest BCUT2D eigenvalue weighted by Gasteiger charge is -2.56. The molecule has 0 radical (unpaired) electrons. The van der Waals surface area contributed by atoms with Crippen LogP contribution in [0.15, 0.2) is 12.1 Å². The van der Waals surface area contributed by atoms with Crippen molar-refractivity contribution in [3.63, 3.8) is 0 Å². The van der Waals surface area contributed by atoms with Crippen LogP contribution in [0, 0.1) is 29.0 Å². The summed E-state index contributed by atoms with van der Waals surface area (Å²) in [4.78, 5) is 26.3. The van der Waals surface area contributed by atoms with Crippen LogP contribution in [0.2, 0.25) is 0 Å². The third-order valence-electron chi connectivity index (χ3n) is 8.71. The molecule has 0 unspecified atom stereocenters. The number of nitrogens with zero attached hydrogens (tertiary/aromatic N) is 1. The van der Waals surface area contributed by atoms with Crippen molar-refractivity contribution in [2.45, 2.75) is 76.7 Å². The molecule has 1 amide bonds. The van der Waals surface area contributed by atoms with Crippen molar-refractivity contribution < 1.29 is 18.7 Å². The van der Waals surface area contributed by atoms with Crippen LogP contribution < -0.4 is 4.74 Å². The first-order valence-corrected chi connectivity index (χ1v) is 12.2. The Kier molecular flexibility index (Phi) is 4.49. The molecule has 1 atom stereocenters. The normalized spacial score (nSPS) is 36.3. The number of carbonyl (C=O) groups is 2. The van der Waals surface area contributed by atoms with Crippen molar-refractivity contribution in [3.05, 3.63) is 29.1 Å². The van der Waals surface area contributed by atoms with E-state index in [-0.39, 0.29) is 35.3 Å². The zero-order chi connectivity index (χ0) is 21.3. The van der Waals surface area contributed by atoms with E-state index in [4.69, 9.17) is 4.74 Å². The van der Waals surface area contributed by atoms with E-state index >= 15 is 4.39 Å². The van der Waals surface area contributed by atoms with E-state index in [1.807, 2.05) is 6.92 Å². The molecule has 31 heavy (non-hydrogen) atoms. The zero-order valence-corrected chi connectivity index (χ0v) is 18.4. The van der Waals surface area contributed by atoms with E-state index in [9.17, 15) is 9.59 Å². The number of hydrogen-bond donors (Lipinski definition) is 0. The fourth-order valence-corrected chi connectivity index (χ4v) is 7.55. The predicted molar refractivity (Wildman–Crippen MR) is 115 cm³/mol. The van der Waals surface area contributed by atoms with Gasteiger partial charge in [0.1, 0.15) is 11.6 Å². The lowest BCUT2D eigenvalue weighted by Crippen LogP contribution is -2.48. The van der Waals surface area contributed by atoms with E-state index in [0.29, 0.717) is 24.7 Å². The van der Waals surface area contributed by atoms with Crippen molar-refractivity contribution in [2.75, 3.05) is 13.2 Å². The number of rotatable bonds is 5. The molecule has 4 bridgehead atoms. The molecule has 5 aliphatic carbocycles. The van der Waals surface area contributed by atoms with Crippen molar-refractivity contribution in [3.8, 4) is 5.75 Å². The molecule has 1 aromatic carbocycles. The molecular weight excluding hydrogens is 393 g/mol. The molecule has 1 aromatic rings. The number of amides is 1. The van der Waals surface area contributed by atoms with E-state index in [1.165, 1.54) is 49.5 Å². The second-order valence-electron chi connectivity index (χ2n) is 11.4. The van der Waals surface area contributed by atoms with Gasteiger partial charge in [0, 0.05) is 23.9 Å². The second kappa shape index (κ2) is 7.05. The quantitative estimate of drug-likeness (QED) is 0.659. The van der Waals surface area contributed by atoms with E-state index in [2.05, 4.69) is 0 Å². The zero-order valence-electron chi connectivity index (χ0n) is 18.4. The van der Waals surface area contributed by atoms with Crippen molar-refractivity contribution in [1.29, 1.82) is 0 Å². The Morgan fingerprint density at radius 1 is 1.13 bits per heavy atom. The number of benzene rings is 1. The number of carbonyl (C=O) groups excluding carboxylic acids is 2. The van der Waals surface area contributed by atoms with Gasteiger partial charge in [0.2, 0.25) is 0 Å². The number of halogens is 1. The summed E-state index contributed by atoms with van der Waals surface area (Å²) in [6.45, 7) is 2.62. The number of hydrogen-bond acceptors (Lipinski definition) is 3. The molecule has 0 N–H and O–H groups in total. The van der Waals surface area contributed by atoms with Crippen LogP contribution >= 0.6 is 0 Å². The number of ketones is 1. The van der Waals surface area contributed by atoms with Crippen LogP contribution in [0.5, 0.6) is 5.75 Å². The molecule has 0 aromatic heterocycles. The molecule has 6 aliphatic rings. The van der Waals surface area contributed by atoms with Gasteiger partial charge in [-0.1, -0.05) is 0 Å². The van der Waals surface area contributed by atoms with Gasteiger partial charge in [0.25, 0.3) is 5.91 Å². The first-order valence-electron chi connectivity index (χ1n) is 12.2. The lowest BCUT2D eigenvalue weighted by atomic mass is 9.50. The standard InChI is InChI=1S/C26H32FNO3/c1-15-4-20(29)13-28(15)25(30)22-8-21(19-2-3-19)24(9-23(22)27)31-14-26-10-16-5-17(11-26)7-18(6-16)12-26/h8-9,15-19H,2-7,10-14H2,1H3/t15-,16-,17?,18?,26-/m1/s1. The molecular formula is C26H32FNO3. The molecule has 4 nitrogen and oxygen atoms in total. The average Bonchev–Trinajstić information content (AvgIpc) is 3.48. The van der Waals surface area contributed by atoms with Crippen LogP contribution in [0.1, 0.15) is 86.6 Å². The maximum atomic E-state index is 15.1. The topological polar surface area (TPSA) is 46.6 Å². The Labute approximate surface area is 183 Å². The lowest BCUT2D eigenvalue weighted by molar-refractivity contribution is -0.116. The van der Waals surface area contributed by atoms with Crippen LogP contribution in [0.25, 0.3) is 0 Å². The highest BCUT2D eigenvalue weighted by atomic mass is 19.1. The minimum Gasteiger partial charge on any atom is -0.493 e. The van der Waals surface area contributed by atoms with E-state index in [1.54, 1.807) is 6.07 Å². The van der Waals surface area contributed by atoms with E-state index in [0.717, 1.165) is 36.2 Å². The first kappa shape index (κ1) is 19.8. The summed E-state index contributed by atoms with van der Waals surface area (Å²) in [6, 6.07) is 3.00. The van der Waals surface area contributed by atoms with Gasteiger partial charge in [-0.05, 0) is 93.6 Å². The maximum Gasteiger partial charge on any atom is 0.257 e. The van der Waals surface area contributed by atoms with Gasteiger partial charge in [-0.15, -0.1) is 0 Å². The summed E-state index contributed by atoms with van der Waals surface area (Å²) in [5, 5.41) is 0. The number of likely N-dealkylation sites (tertiary alicyclic amines) is 1. The fourth-order valence-electron chi connectivity index (χ4n) is 7.55. The minimum absolute atomic E-state index is 0.0409. The van der Waals surface area contributed by atoms with Crippen molar-refractivity contribution in [1.82, 2.24) is 4.90 Å². The summed E-state index contributed by atoms with van der Waals surface area (Å²) in [7, 11) is 0. The highest BCUT2D eigenvalue weighted by Crippen LogP contribution is 2.60.